The van der Waals surface area contributed by atoms with E-state index in [1.54, 1.807) is 5.57 Å². The molecule has 3 saturated carbocycles. The third-order valence-electron chi connectivity index (χ3n) is 18.4. The van der Waals surface area contributed by atoms with E-state index in [0.29, 0.717) is 24.9 Å². The van der Waals surface area contributed by atoms with Crippen LogP contribution in [0.2, 0.25) is 0 Å². The van der Waals surface area contributed by atoms with Crippen molar-refractivity contribution in [1.29, 1.82) is 0 Å². The Kier molecular flexibility index (Phi) is 28.9. The molecule has 67 heavy (non-hydrogen) atoms. The second kappa shape index (κ2) is 33.3. The number of rotatable bonds is 39. The zero-order valence-corrected chi connectivity index (χ0v) is 45.3. The first-order valence-electron chi connectivity index (χ1n) is 29.9. The summed E-state index contributed by atoms with van der Waals surface area (Å²) in [7, 11) is 0. The Labute approximate surface area is 415 Å². The molecule has 4 aliphatic rings. The lowest BCUT2D eigenvalue weighted by molar-refractivity contribution is -0.151. The van der Waals surface area contributed by atoms with Gasteiger partial charge in [0.15, 0.2) is 0 Å². The van der Waals surface area contributed by atoms with Crippen molar-refractivity contribution in [2.75, 3.05) is 32.8 Å². The van der Waals surface area contributed by atoms with Crippen LogP contribution in [-0.4, -0.2) is 60.9 Å². The van der Waals surface area contributed by atoms with Crippen molar-refractivity contribution in [1.82, 2.24) is 4.90 Å². The summed E-state index contributed by atoms with van der Waals surface area (Å²) in [5.74, 6) is 5.08. The number of aliphatic hydroxyl groups is 1. The summed E-state index contributed by atoms with van der Waals surface area (Å²) in [6.45, 7) is 18.9. The highest BCUT2D eigenvalue weighted by Crippen LogP contribution is 2.67. The van der Waals surface area contributed by atoms with Gasteiger partial charge in [-0.2, -0.15) is 0 Å². The average Bonchev–Trinajstić information content (AvgIpc) is 3.67. The normalized spacial score (nSPS) is 26.3. The molecule has 390 valence electrons. The molecule has 8 unspecified atom stereocenters. The van der Waals surface area contributed by atoms with Crippen LogP contribution in [0, 0.1) is 46.3 Å². The Hall–Kier alpha value is -1.40. The summed E-state index contributed by atoms with van der Waals surface area (Å²) in [4.78, 5) is 28.0. The van der Waals surface area contributed by atoms with Gasteiger partial charge in [-0.1, -0.05) is 182 Å². The van der Waals surface area contributed by atoms with Gasteiger partial charge in [-0.25, -0.2) is 0 Å². The number of allylic oxidation sites excluding steroid dienone is 1. The number of nitrogens with zero attached hydrogens (tertiary/aromatic N) is 1. The lowest BCUT2D eigenvalue weighted by Gasteiger charge is -2.58. The quantitative estimate of drug-likeness (QED) is 0.0376. The third-order valence-corrected chi connectivity index (χ3v) is 18.4. The molecule has 0 amide bonds. The van der Waals surface area contributed by atoms with Crippen LogP contribution < -0.4 is 0 Å². The van der Waals surface area contributed by atoms with Crippen LogP contribution in [0.5, 0.6) is 0 Å². The minimum absolute atomic E-state index is 0.00420. The number of ether oxygens (including phenoxy) is 2. The average molecular weight is 939 g/mol. The smallest absolute Gasteiger partial charge is 0.306 e. The molecule has 0 aromatic carbocycles. The third kappa shape index (κ3) is 20.7. The number of esters is 2. The second-order valence-corrected chi connectivity index (χ2v) is 24.1. The van der Waals surface area contributed by atoms with Gasteiger partial charge in [0.2, 0.25) is 0 Å². The Morgan fingerprint density at radius 1 is 0.642 bits per heavy atom. The Morgan fingerprint density at radius 2 is 1.21 bits per heavy atom. The van der Waals surface area contributed by atoms with Crippen molar-refractivity contribution in [3.63, 3.8) is 0 Å². The van der Waals surface area contributed by atoms with Crippen molar-refractivity contribution >= 4 is 11.9 Å². The fourth-order valence-electron chi connectivity index (χ4n) is 14.3. The van der Waals surface area contributed by atoms with Gasteiger partial charge in [-0.3, -0.25) is 9.59 Å². The van der Waals surface area contributed by atoms with Gasteiger partial charge in [0.1, 0.15) is 6.10 Å². The Bertz CT molecular complexity index is 1350. The number of hydrogen-bond donors (Lipinski definition) is 1. The maximum atomic E-state index is 13.1. The summed E-state index contributed by atoms with van der Waals surface area (Å²) in [6, 6.07) is 0. The van der Waals surface area contributed by atoms with E-state index in [4.69, 9.17) is 9.47 Å². The molecule has 8 atom stereocenters. The molecule has 6 heteroatoms. The number of unbranched alkanes of at least 4 members (excludes halogenated alkanes) is 20. The van der Waals surface area contributed by atoms with Crippen LogP contribution in [-0.2, 0) is 19.1 Å². The van der Waals surface area contributed by atoms with E-state index in [1.165, 1.54) is 148 Å². The fourth-order valence-corrected chi connectivity index (χ4v) is 14.3. The van der Waals surface area contributed by atoms with Crippen molar-refractivity contribution in [2.45, 2.75) is 285 Å². The molecule has 0 aromatic heterocycles. The van der Waals surface area contributed by atoms with E-state index < -0.39 is 0 Å². The molecule has 0 spiro atoms. The topological polar surface area (TPSA) is 76.1 Å². The molecule has 0 saturated heterocycles. The van der Waals surface area contributed by atoms with Gasteiger partial charge in [0, 0.05) is 25.9 Å². The van der Waals surface area contributed by atoms with Crippen molar-refractivity contribution in [3.8, 4) is 0 Å². The number of fused-ring (bicyclic) bond motifs is 5. The molecule has 4 aliphatic carbocycles. The number of hydrogen-bond acceptors (Lipinski definition) is 6. The van der Waals surface area contributed by atoms with Gasteiger partial charge >= 0.3 is 11.9 Å². The first-order chi connectivity index (χ1) is 32.5. The largest absolute Gasteiger partial charge is 0.466 e. The minimum Gasteiger partial charge on any atom is -0.466 e. The molecule has 0 radical (unpaired) electrons. The van der Waals surface area contributed by atoms with E-state index in [1.807, 2.05) is 0 Å². The van der Waals surface area contributed by atoms with Crippen molar-refractivity contribution in [3.05, 3.63) is 11.6 Å². The molecule has 0 heterocycles. The second-order valence-electron chi connectivity index (χ2n) is 24.1. The summed E-state index contributed by atoms with van der Waals surface area (Å²) >= 11 is 0. The minimum atomic E-state index is -0.0254. The molecule has 1 N–H and O–H groups in total. The van der Waals surface area contributed by atoms with E-state index in [-0.39, 0.29) is 30.1 Å². The Balaban J connectivity index is 1.01. The SMILES string of the molecule is CCCCCCCCCCCCCCCCCOC(=O)CCCCCCN(CCCCO)CCCCCC(=O)OC1CCC2(C)C(=CCC3C2CCC2(C)C(C(C)CCCC(C)C)CCC32)C1. The predicted molar refractivity (Wildman–Crippen MR) is 283 cm³/mol. The standard InChI is InChI=1S/C61H111NO5/c1-7-8-9-10-11-12-13-14-15-16-17-18-19-22-30-48-66-58(64)34-24-20-21-26-44-62(46-28-29-47-63)45-27-23-25-35-59(65)67-53-40-42-60(5)52(49-53)36-37-54-56-39-38-55(51(4)33-31-32-50(2)3)61(56,6)43-41-57(54)60/h36,50-51,53-57,63H,7-35,37-49H2,1-6H3. The van der Waals surface area contributed by atoms with Crippen LogP contribution in [0.4, 0.5) is 0 Å². The maximum Gasteiger partial charge on any atom is 0.306 e. The zero-order chi connectivity index (χ0) is 48.2. The summed E-state index contributed by atoms with van der Waals surface area (Å²) in [5.41, 5.74) is 2.42. The molecule has 0 bridgehead atoms. The predicted octanol–water partition coefficient (Wildman–Crippen LogP) is 16.9. The molecule has 0 aliphatic heterocycles. The Morgan fingerprint density at radius 3 is 1.84 bits per heavy atom. The van der Waals surface area contributed by atoms with Crippen LogP contribution in [0.3, 0.4) is 0 Å². The number of carbonyl (C=O) groups is 2. The molecule has 3 fully saturated rings. The van der Waals surface area contributed by atoms with Gasteiger partial charge in [-0.05, 0) is 156 Å². The van der Waals surface area contributed by atoms with Crippen LogP contribution in [0.15, 0.2) is 11.6 Å². The summed E-state index contributed by atoms with van der Waals surface area (Å²) in [6.07, 6.45) is 47.3. The molecular formula is C61H111NO5. The van der Waals surface area contributed by atoms with Gasteiger partial charge in [0.25, 0.3) is 0 Å². The number of aliphatic hydroxyl groups excluding tert-OH is 1. The van der Waals surface area contributed by atoms with E-state index >= 15 is 0 Å². The van der Waals surface area contributed by atoms with E-state index in [0.717, 1.165) is 132 Å². The van der Waals surface area contributed by atoms with Gasteiger partial charge in [-0.15, -0.1) is 0 Å². The highest BCUT2D eigenvalue weighted by Gasteiger charge is 2.59. The highest BCUT2D eigenvalue weighted by atomic mass is 16.5. The van der Waals surface area contributed by atoms with Gasteiger partial charge < -0.3 is 19.5 Å². The summed E-state index contributed by atoms with van der Waals surface area (Å²) < 4.78 is 11.8. The summed E-state index contributed by atoms with van der Waals surface area (Å²) in [5, 5.41) is 9.39. The zero-order valence-electron chi connectivity index (χ0n) is 45.3. The van der Waals surface area contributed by atoms with Gasteiger partial charge in [0.05, 0.1) is 6.61 Å². The van der Waals surface area contributed by atoms with Crippen molar-refractivity contribution < 1.29 is 24.2 Å². The lowest BCUT2D eigenvalue weighted by Crippen LogP contribution is -2.51. The molecule has 0 aromatic rings. The molecule has 6 nitrogen and oxygen atoms in total. The first-order valence-corrected chi connectivity index (χ1v) is 29.9. The maximum absolute atomic E-state index is 13.1. The number of carbonyl (C=O) groups excluding carboxylic acids is 2. The van der Waals surface area contributed by atoms with Crippen LogP contribution in [0.1, 0.15) is 279 Å². The first kappa shape index (κ1) is 58.2. The monoisotopic (exact) mass is 938 g/mol. The molecular weight excluding hydrogens is 827 g/mol. The molecule has 4 rings (SSSR count). The lowest BCUT2D eigenvalue weighted by atomic mass is 9.47. The van der Waals surface area contributed by atoms with Crippen LogP contribution in [0.25, 0.3) is 0 Å². The fraction of sp³-hybridized carbons (Fsp3) is 0.934. The van der Waals surface area contributed by atoms with Crippen molar-refractivity contribution in [2.24, 2.45) is 46.3 Å². The highest BCUT2D eigenvalue weighted by molar-refractivity contribution is 5.69. The van der Waals surface area contributed by atoms with E-state index in [9.17, 15) is 14.7 Å². The van der Waals surface area contributed by atoms with Crippen LogP contribution >= 0.6 is 0 Å². The van der Waals surface area contributed by atoms with E-state index in [2.05, 4.69) is 52.5 Å².